The van der Waals surface area contributed by atoms with Crippen LogP contribution in [0.4, 0.5) is 0 Å². The van der Waals surface area contributed by atoms with Crippen LogP contribution in [-0.4, -0.2) is 40.1 Å². The fraction of sp³-hybridized carbons (Fsp3) is 0.444. The highest BCUT2D eigenvalue weighted by atomic mass is 16.5. The zero-order valence-electron chi connectivity index (χ0n) is 7.92. The first-order valence-electron chi connectivity index (χ1n) is 4.58. The summed E-state index contributed by atoms with van der Waals surface area (Å²) in [6, 6.07) is 1.49. The number of likely N-dealkylation sites (tertiary alicyclic amines) is 1. The lowest BCUT2D eigenvalue weighted by molar-refractivity contribution is -0.139. The first kappa shape index (κ1) is 9.70. The van der Waals surface area contributed by atoms with Crippen molar-refractivity contribution in [2.24, 2.45) is 5.92 Å². The van der Waals surface area contributed by atoms with Crippen molar-refractivity contribution in [3.63, 3.8) is 0 Å². The van der Waals surface area contributed by atoms with Crippen molar-refractivity contribution in [2.75, 3.05) is 13.1 Å². The average Bonchev–Trinajstić information content (AvgIpc) is 2.61. The zero-order chi connectivity index (χ0) is 10.8. The van der Waals surface area contributed by atoms with Crippen LogP contribution >= 0.6 is 0 Å². The maximum absolute atomic E-state index is 11.6. The predicted molar refractivity (Wildman–Crippen MR) is 48.1 cm³/mol. The van der Waals surface area contributed by atoms with Crippen molar-refractivity contribution in [1.82, 2.24) is 10.1 Å². The smallest absolute Gasteiger partial charge is 0.303 e. The number of carbonyl (C=O) groups is 2. The minimum Gasteiger partial charge on any atom is -0.481 e. The van der Waals surface area contributed by atoms with Crippen LogP contribution in [0.15, 0.2) is 16.8 Å². The first-order chi connectivity index (χ1) is 7.16. The molecule has 1 saturated heterocycles. The molecule has 1 aliphatic heterocycles. The van der Waals surface area contributed by atoms with Gasteiger partial charge in [0.2, 0.25) is 5.76 Å². The van der Waals surface area contributed by atoms with Gasteiger partial charge in [0.05, 0.1) is 12.6 Å². The molecule has 6 nitrogen and oxygen atoms in total. The summed E-state index contributed by atoms with van der Waals surface area (Å²) in [6.07, 6.45) is 1.52. The van der Waals surface area contributed by atoms with E-state index in [1.807, 2.05) is 0 Å². The molecule has 15 heavy (non-hydrogen) atoms. The van der Waals surface area contributed by atoms with Crippen molar-refractivity contribution in [2.45, 2.75) is 6.42 Å². The van der Waals surface area contributed by atoms with Crippen LogP contribution < -0.4 is 0 Å². The molecule has 0 bridgehead atoms. The number of hydrogen-bond acceptors (Lipinski definition) is 4. The monoisotopic (exact) mass is 210 g/mol. The third kappa shape index (κ3) is 1.98. The highest BCUT2D eigenvalue weighted by molar-refractivity contribution is 5.91. The summed E-state index contributed by atoms with van der Waals surface area (Å²) in [5.41, 5.74) is 0. The molecule has 1 fully saturated rings. The van der Waals surface area contributed by atoms with Crippen molar-refractivity contribution < 1.29 is 19.2 Å². The molecule has 2 heterocycles. The van der Waals surface area contributed by atoms with E-state index in [9.17, 15) is 9.59 Å². The number of carboxylic acid groups (broad SMARTS) is 1. The summed E-state index contributed by atoms with van der Waals surface area (Å²) < 4.78 is 4.71. The molecule has 0 aromatic carbocycles. The molecule has 0 unspecified atom stereocenters. The zero-order valence-corrected chi connectivity index (χ0v) is 7.92. The van der Waals surface area contributed by atoms with E-state index in [-0.39, 0.29) is 24.0 Å². The summed E-state index contributed by atoms with van der Waals surface area (Å²) in [5, 5.41) is 12.0. The van der Waals surface area contributed by atoms with Crippen molar-refractivity contribution in [3.8, 4) is 0 Å². The summed E-state index contributed by atoms with van der Waals surface area (Å²) >= 11 is 0. The molecule has 2 rings (SSSR count). The van der Waals surface area contributed by atoms with E-state index in [0.29, 0.717) is 13.1 Å². The number of hydrogen-bond donors (Lipinski definition) is 1. The minimum atomic E-state index is -0.827. The molecule has 1 aromatic rings. The third-order valence-corrected chi connectivity index (χ3v) is 2.36. The topological polar surface area (TPSA) is 83.6 Å². The van der Waals surface area contributed by atoms with Crippen LogP contribution in [0.3, 0.4) is 0 Å². The van der Waals surface area contributed by atoms with Gasteiger partial charge in [0.25, 0.3) is 5.91 Å². The summed E-state index contributed by atoms with van der Waals surface area (Å²) in [4.78, 5) is 23.5. The van der Waals surface area contributed by atoms with Gasteiger partial charge in [-0.05, 0) is 0 Å². The molecule has 1 N–H and O–H groups in total. The van der Waals surface area contributed by atoms with Crippen LogP contribution in [0, 0.1) is 5.92 Å². The van der Waals surface area contributed by atoms with E-state index in [2.05, 4.69) is 5.16 Å². The lowest BCUT2D eigenvalue weighted by Gasteiger charge is -2.37. The second-order valence-electron chi connectivity index (χ2n) is 3.55. The van der Waals surface area contributed by atoms with E-state index >= 15 is 0 Å². The molecule has 0 aliphatic carbocycles. The SMILES string of the molecule is O=C(O)CC1CN(C(=O)c2ccno2)C1. The highest BCUT2D eigenvalue weighted by Crippen LogP contribution is 2.21. The van der Waals surface area contributed by atoms with E-state index in [0.717, 1.165) is 0 Å². The second kappa shape index (κ2) is 3.72. The van der Waals surface area contributed by atoms with Crippen LogP contribution in [0.2, 0.25) is 0 Å². The Bertz CT molecular complexity index is 367. The van der Waals surface area contributed by atoms with Gasteiger partial charge in [-0.25, -0.2) is 0 Å². The molecule has 6 heteroatoms. The number of carbonyl (C=O) groups excluding carboxylic acids is 1. The molecule has 1 aromatic heterocycles. The van der Waals surface area contributed by atoms with Gasteiger partial charge in [-0.1, -0.05) is 5.16 Å². The van der Waals surface area contributed by atoms with Crippen molar-refractivity contribution in [1.29, 1.82) is 0 Å². The van der Waals surface area contributed by atoms with Gasteiger partial charge in [-0.15, -0.1) is 0 Å². The first-order valence-corrected chi connectivity index (χ1v) is 4.58. The Morgan fingerprint density at radius 3 is 2.87 bits per heavy atom. The van der Waals surface area contributed by atoms with Gasteiger partial charge < -0.3 is 14.5 Å². The molecular weight excluding hydrogens is 200 g/mol. The Hall–Kier alpha value is -1.85. The molecule has 1 aliphatic rings. The highest BCUT2D eigenvalue weighted by Gasteiger charge is 2.33. The van der Waals surface area contributed by atoms with Crippen LogP contribution in [0.5, 0.6) is 0 Å². The standard InChI is InChI=1S/C9H10N2O4/c12-8(13)3-6-4-11(5-6)9(14)7-1-2-10-15-7/h1-2,6H,3-5H2,(H,12,13). The van der Waals surface area contributed by atoms with Crippen LogP contribution in [0.25, 0.3) is 0 Å². The Morgan fingerprint density at radius 1 is 1.60 bits per heavy atom. The fourth-order valence-corrected chi connectivity index (χ4v) is 1.59. The normalized spacial score (nSPS) is 16.1. The number of nitrogens with zero attached hydrogens (tertiary/aromatic N) is 2. The van der Waals surface area contributed by atoms with Crippen molar-refractivity contribution in [3.05, 3.63) is 18.0 Å². The molecule has 0 radical (unpaired) electrons. The number of amides is 1. The molecule has 0 atom stereocenters. The largest absolute Gasteiger partial charge is 0.481 e. The summed E-state index contributed by atoms with van der Waals surface area (Å²) in [5.74, 6) is -0.793. The number of aliphatic carboxylic acids is 1. The maximum Gasteiger partial charge on any atom is 0.303 e. The van der Waals surface area contributed by atoms with E-state index in [1.54, 1.807) is 4.90 Å². The van der Waals surface area contributed by atoms with Gasteiger partial charge in [0.15, 0.2) is 0 Å². The quantitative estimate of drug-likeness (QED) is 0.771. The number of aromatic nitrogens is 1. The maximum atomic E-state index is 11.6. The van der Waals surface area contributed by atoms with Gasteiger partial charge in [-0.3, -0.25) is 9.59 Å². The number of rotatable bonds is 3. The average molecular weight is 210 g/mol. The third-order valence-electron chi connectivity index (χ3n) is 2.36. The predicted octanol–water partition coefficient (Wildman–Crippen LogP) is 0.221. The van der Waals surface area contributed by atoms with Crippen LogP contribution in [-0.2, 0) is 4.79 Å². The van der Waals surface area contributed by atoms with Crippen LogP contribution in [0.1, 0.15) is 17.0 Å². The second-order valence-corrected chi connectivity index (χ2v) is 3.55. The minimum absolute atomic E-state index is 0.0642. The Balaban J connectivity index is 1.85. The molecule has 1 amide bonds. The molecule has 80 valence electrons. The van der Waals surface area contributed by atoms with Gasteiger partial charge in [0.1, 0.15) is 0 Å². The van der Waals surface area contributed by atoms with Gasteiger partial charge in [-0.2, -0.15) is 0 Å². The van der Waals surface area contributed by atoms with E-state index in [1.165, 1.54) is 12.3 Å². The Labute approximate surface area is 85.5 Å². The van der Waals surface area contributed by atoms with Crippen molar-refractivity contribution >= 4 is 11.9 Å². The Morgan fingerprint density at radius 2 is 2.33 bits per heavy atom. The summed E-state index contributed by atoms with van der Waals surface area (Å²) in [7, 11) is 0. The van der Waals surface area contributed by atoms with E-state index in [4.69, 9.17) is 9.63 Å². The molecular formula is C9H10N2O4. The lowest BCUT2D eigenvalue weighted by Crippen LogP contribution is -2.50. The fourth-order valence-electron chi connectivity index (χ4n) is 1.59. The summed E-state index contributed by atoms with van der Waals surface area (Å²) in [6.45, 7) is 0.956. The Kier molecular flexibility index (Phi) is 2.40. The van der Waals surface area contributed by atoms with Gasteiger partial charge >= 0.3 is 5.97 Å². The van der Waals surface area contributed by atoms with E-state index < -0.39 is 5.97 Å². The van der Waals surface area contributed by atoms with Gasteiger partial charge in [0, 0.05) is 25.1 Å². The number of carboxylic acids is 1. The lowest BCUT2D eigenvalue weighted by atomic mass is 9.96. The molecule has 0 spiro atoms. The molecule has 0 saturated carbocycles.